The van der Waals surface area contributed by atoms with Gasteiger partial charge in [-0.05, 0) is 79.6 Å². The van der Waals surface area contributed by atoms with Gasteiger partial charge in [0.1, 0.15) is 6.04 Å². The summed E-state index contributed by atoms with van der Waals surface area (Å²) in [7, 11) is 3.56. The van der Waals surface area contributed by atoms with Gasteiger partial charge in [-0.15, -0.1) is 11.3 Å². The fourth-order valence-electron chi connectivity index (χ4n) is 6.50. The van der Waals surface area contributed by atoms with E-state index < -0.39 is 0 Å². The lowest BCUT2D eigenvalue weighted by molar-refractivity contribution is -0.140. The number of ketones is 1. The van der Waals surface area contributed by atoms with Gasteiger partial charge in [0.25, 0.3) is 5.56 Å². The lowest BCUT2D eigenvalue weighted by atomic mass is 9.96. The van der Waals surface area contributed by atoms with E-state index >= 15 is 0 Å². The van der Waals surface area contributed by atoms with Gasteiger partial charge in [0, 0.05) is 55.9 Å². The number of carbonyl (C=O) groups excluding carboxylic acids is 2. The van der Waals surface area contributed by atoms with Crippen LogP contribution in [-0.4, -0.2) is 57.7 Å². The molecule has 1 unspecified atom stereocenters. The lowest BCUT2D eigenvalue weighted by Crippen LogP contribution is -2.50. The van der Waals surface area contributed by atoms with Crippen molar-refractivity contribution < 1.29 is 9.59 Å². The van der Waals surface area contributed by atoms with Gasteiger partial charge in [-0.25, -0.2) is 4.98 Å². The molecule has 1 N–H and O–H groups in total. The molecule has 0 saturated carbocycles. The number of amides is 1. The molecule has 1 saturated heterocycles. The van der Waals surface area contributed by atoms with Gasteiger partial charge in [0.05, 0.1) is 10.6 Å². The number of hydrogen-bond donors (Lipinski definition) is 1. The third kappa shape index (κ3) is 6.37. The molecule has 8 nitrogen and oxygen atoms in total. The van der Waals surface area contributed by atoms with Crippen molar-refractivity contribution in [3.63, 3.8) is 0 Å². The number of aryl methyl sites for hydroxylation is 3. The predicted molar refractivity (Wildman–Crippen MR) is 181 cm³/mol. The number of fused-ring (bicyclic) bond motifs is 1. The van der Waals surface area contributed by atoms with Gasteiger partial charge >= 0.3 is 0 Å². The van der Waals surface area contributed by atoms with Crippen LogP contribution < -0.4 is 10.9 Å². The Morgan fingerprint density at radius 3 is 2.58 bits per heavy atom. The monoisotopic (exact) mass is 623 g/mol. The van der Waals surface area contributed by atoms with E-state index in [4.69, 9.17) is 4.98 Å². The summed E-state index contributed by atoms with van der Waals surface area (Å²) >= 11 is 1.67. The summed E-state index contributed by atoms with van der Waals surface area (Å²) < 4.78 is 1.53. The summed E-state index contributed by atoms with van der Waals surface area (Å²) in [6, 6.07) is 15.4. The number of likely N-dealkylation sites (N-methyl/N-ethyl adjacent to an activating group) is 2. The first-order chi connectivity index (χ1) is 21.7. The molecule has 1 aliphatic heterocycles. The van der Waals surface area contributed by atoms with Crippen LogP contribution in [0.15, 0.2) is 59.5 Å². The minimum absolute atomic E-state index is 0.0938. The van der Waals surface area contributed by atoms with Crippen LogP contribution in [0.5, 0.6) is 0 Å². The Morgan fingerprint density at radius 2 is 1.80 bits per heavy atom. The summed E-state index contributed by atoms with van der Waals surface area (Å²) in [6.07, 6.45) is 7.89. The molecular formula is C36H41N5O3S. The van der Waals surface area contributed by atoms with E-state index in [0.29, 0.717) is 17.8 Å². The topological polar surface area (TPSA) is 87.5 Å². The third-order valence-electron chi connectivity index (χ3n) is 9.26. The van der Waals surface area contributed by atoms with Gasteiger partial charge in [-0.2, -0.15) is 0 Å². The maximum Gasteiger partial charge on any atom is 0.293 e. The number of nitrogens with one attached hydrogen (secondary N) is 1. The fourth-order valence-corrected chi connectivity index (χ4v) is 7.69. The Kier molecular flexibility index (Phi) is 9.01. The van der Waals surface area contributed by atoms with E-state index in [9.17, 15) is 14.4 Å². The molecule has 2 aromatic heterocycles. The van der Waals surface area contributed by atoms with E-state index in [1.54, 1.807) is 29.5 Å². The van der Waals surface area contributed by atoms with Crippen molar-refractivity contribution in [2.45, 2.75) is 58.4 Å². The van der Waals surface area contributed by atoms with Crippen molar-refractivity contribution in [3.8, 4) is 11.3 Å². The number of rotatable bonds is 8. The molecule has 4 aromatic rings. The number of carbonyl (C=O) groups is 2. The highest BCUT2D eigenvalue weighted by Gasteiger charge is 2.33. The molecule has 1 atom stereocenters. The van der Waals surface area contributed by atoms with Crippen molar-refractivity contribution in [1.29, 1.82) is 0 Å². The van der Waals surface area contributed by atoms with Crippen LogP contribution in [-0.2, 0) is 31.1 Å². The van der Waals surface area contributed by atoms with Crippen LogP contribution in [0.2, 0.25) is 0 Å². The number of benzene rings is 2. The number of piperazine rings is 1. The van der Waals surface area contributed by atoms with Gasteiger partial charge in [-0.1, -0.05) is 43.7 Å². The number of anilines is 2. The molecular weight excluding hydrogens is 582 g/mol. The first-order valence-corrected chi connectivity index (χ1v) is 16.7. The number of aromatic nitrogens is 2. The molecule has 1 aliphatic carbocycles. The highest BCUT2D eigenvalue weighted by Crippen LogP contribution is 2.32. The smallest absolute Gasteiger partial charge is 0.293 e. The first-order valence-electron chi connectivity index (χ1n) is 15.9. The molecule has 2 aliphatic rings. The van der Waals surface area contributed by atoms with Crippen molar-refractivity contribution >= 4 is 34.5 Å². The van der Waals surface area contributed by atoms with E-state index in [0.717, 1.165) is 59.6 Å². The van der Waals surface area contributed by atoms with Crippen LogP contribution in [0.3, 0.4) is 0 Å². The summed E-state index contributed by atoms with van der Waals surface area (Å²) in [6.45, 7) is 6.44. The molecule has 0 radical (unpaired) electrons. The Labute approximate surface area is 268 Å². The highest BCUT2D eigenvalue weighted by atomic mass is 32.1. The average Bonchev–Trinajstić information content (AvgIpc) is 3.32. The zero-order valence-electron chi connectivity index (χ0n) is 26.6. The summed E-state index contributed by atoms with van der Waals surface area (Å²) in [5, 5.41) is 3.21. The normalized spacial score (nSPS) is 17.2. The average molecular weight is 624 g/mol. The molecule has 0 bridgehead atoms. The van der Waals surface area contributed by atoms with Crippen LogP contribution >= 0.6 is 11.3 Å². The minimum Gasteiger partial charge on any atom is -0.343 e. The third-order valence-corrected chi connectivity index (χ3v) is 10.5. The van der Waals surface area contributed by atoms with E-state index in [-0.39, 0.29) is 29.1 Å². The van der Waals surface area contributed by atoms with Crippen LogP contribution in [0.4, 0.5) is 11.5 Å². The van der Waals surface area contributed by atoms with Crippen LogP contribution in [0, 0.1) is 6.92 Å². The maximum absolute atomic E-state index is 13.4. The van der Waals surface area contributed by atoms with Gasteiger partial charge < -0.3 is 14.8 Å². The standard InChI is InChI=1S/C36H41N5O3S/c1-5-41-19-18-39(3)35(43)33(41)24-14-16-27(17-15-24)37-34-36(44)40(4)22-29(38-34)28-12-9-11-25(23(28)2)20-30(42)32-21-26-10-7-6-8-13-31(26)45-32/h9,11-12,14-17,21-22,33H,5-8,10,13,18-20H2,1-4H3,(H,37,38). The van der Waals surface area contributed by atoms with Crippen molar-refractivity contribution in [3.05, 3.63) is 97.1 Å². The van der Waals surface area contributed by atoms with Crippen LogP contribution in [0.25, 0.3) is 11.3 Å². The molecule has 45 heavy (non-hydrogen) atoms. The molecule has 6 rings (SSSR count). The second-order valence-electron chi connectivity index (χ2n) is 12.2. The molecule has 1 fully saturated rings. The Bertz CT molecular complexity index is 1770. The number of nitrogens with zero attached hydrogens (tertiary/aromatic N) is 4. The fraction of sp³-hybridized carbons (Fsp3) is 0.389. The number of hydrogen-bond acceptors (Lipinski definition) is 7. The quantitative estimate of drug-likeness (QED) is 0.189. The second kappa shape index (κ2) is 13.1. The maximum atomic E-state index is 13.4. The van der Waals surface area contributed by atoms with E-state index in [2.05, 4.69) is 23.2 Å². The zero-order valence-corrected chi connectivity index (χ0v) is 27.4. The van der Waals surface area contributed by atoms with Gasteiger partial charge in [0.2, 0.25) is 5.91 Å². The molecule has 2 aromatic carbocycles. The van der Waals surface area contributed by atoms with E-state index in [1.807, 2.05) is 56.4 Å². The first kappa shape index (κ1) is 30.9. The second-order valence-corrected chi connectivity index (χ2v) is 13.4. The Hall–Kier alpha value is -4.08. The van der Waals surface area contributed by atoms with Crippen molar-refractivity contribution in [2.75, 3.05) is 32.0 Å². The molecule has 3 heterocycles. The number of thiophene rings is 1. The minimum atomic E-state index is -0.311. The highest BCUT2D eigenvalue weighted by molar-refractivity contribution is 7.14. The predicted octanol–water partition coefficient (Wildman–Crippen LogP) is 6.09. The molecule has 9 heteroatoms. The summed E-state index contributed by atoms with van der Waals surface area (Å²) in [4.78, 5) is 50.4. The van der Waals surface area contributed by atoms with Gasteiger partial charge in [0.15, 0.2) is 11.6 Å². The molecule has 1 amide bonds. The summed E-state index contributed by atoms with van der Waals surface area (Å²) in [5.74, 6) is 0.458. The SMILES string of the molecule is CCN1CCN(C)C(=O)C1c1ccc(Nc2nc(-c3cccc(CC(=O)c4cc5c(s4)CCCCC5)c3C)cn(C)c2=O)cc1. The van der Waals surface area contributed by atoms with Crippen molar-refractivity contribution in [1.82, 2.24) is 19.4 Å². The van der Waals surface area contributed by atoms with Gasteiger partial charge in [-0.3, -0.25) is 19.3 Å². The lowest BCUT2D eigenvalue weighted by Gasteiger charge is -2.38. The Morgan fingerprint density at radius 1 is 1.02 bits per heavy atom. The zero-order chi connectivity index (χ0) is 31.7. The van der Waals surface area contributed by atoms with Crippen molar-refractivity contribution in [2.24, 2.45) is 7.05 Å². The largest absolute Gasteiger partial charge is 0.343 e. The van der Waals surface area contributed by atoms with Crippen LogP contribution in [0.1, 0.15) is 69.0 Å². The van der Waals surface area contributed by atoms with E-state index in [1.165, 1.54) is 34.3 Å². The number of Topliss-reactive ketones (excluding diaryl/α,β-unsaturated/α-hetero) is 1. The molecule has 234 valence electrons. The summed E-state index contributed by atoms with van der Waals surface area (Å²) in [5.41, 5.74) is 6.23. The Balaban J connectivity index is 1.23. The molecule has 0 spiro atoms.